The van der Waals surface area contributed by atoms with Gasteiger partial charge in [0.25, 0.3) is 0 Å². The summed E-state index contributed by atoms with van der Waals surface area (Å²) in [5.41, 5.74) is 5.32. The van der Waals surface area contributed by atoms with Gasteiger partial charge in [-0.3, -0.25) is 9.67 Å². The molecule has 3 aromatic heterocycles. The van der Waals surface area contributed by atoms with Crippen molar-refractivity contribution in [1.82, 2.24) is 24.6 Å². The monoisotopic (exact) mass is 485 g/mol. The van der Waals surface area contributed by atoms with Crippen molar-refractivity contribution >= 4 is 11.0 Å². The number of benzene rings is 2. The van der Waals surface area contributed by atoms with E-state index in [0.29, 0.717) is 31.0 Å². The Morgan fingerprint density at radius 2 is 1.42 bits per heavy atom. The zero-order valence-electron chi connectivity index (χ0n) is 19.8. The Kier molecular flexibility index (Phi) is 6.79. The number of likely N-dealkylation sites (N-methyl/N-ethyl adjacent to an activating group) is 1. The summed E-state index contributed by atoms with van der Waals surface area (Å²) >= 11 is 0. The van der Waals surface area contributed by atoms with Crippen LogP contribution in [0.2, 0.25) is 0 Å². The summed E-state index contributed by atoms with van der Waals surface area (Å²) in [4.78, 5) is 11.1. The highest BCUT2D eigenvalue weighted by atomic mass is 19.1. The van der Waals surface area contributed by atoms with Gasteiger partial charge >= 0.3 is 0 Å². The third kappa shape index (κ3) is 4.86. The fraction of sp³-hybridized carbons (Fsp3) is 0.179. The molecule has 182 valence electrons. The van der Waals surface area contributed by atoms with Crippen molar-refractivity contribution in [3.05, 3.63) is 90.9 Å². The number of hydrogen-bond donors (Lipinski definition) is 1. The second-order valence-corrected chi connectivity index (χ2v) is 8.62. The molecule has 5 rings (SSSR count). The number of rotatable bonds is 8. The van der Waals surface area contributed by atoms with Gasteiger partial charge in [-0.05, 0) is 66.7 Å². The van der Waals surface area contributed by atoms with Crippen molar-refractivity contribution in [2.75, 3.05) is 26.7 Å². The molecule has 36 heavy (non-hydrogen) atoms. The van der Waals surface area contributed by atoms with Gasteiger partial charge < -0.3 is 10.0 Å². The van der Waals surface area contributed by atoms with Crippen LogP contribution in [-0.4, -0.2) is 56.5 Å². The quantitative estimate of drug-likeness (QED) is 0.334. The van der Waals surface area contributed by atoms with Crippen LogP contribution < -0.4 is 0 Å². The van der Waals surface area contributed by atoms with Gasteiger partial charge in [-0.1, -0.05) is 12.1 Å². The van der Waals surface area contributed by atoms with Gasteiger partial charge in [0, 0.05) is 53.8 Å². The lowest BCUT2D eigenvalue weighted by Gasteiger charge is -2.16. The summed E-state index contributed by atoms with van der Waals surface area (Å²) < 4.78 is 29.5. The van der Waals surface area contributed by atoms with Crippen LogP contribution in [0, 0.1) is 11.6 Å². The summed E-state index contributed by atoms with van der Waals surface area (Å²) in [5, 5.41) is 14.8. The van der Waals surface area contributed by atoms with Crippen molar-refractivity contribution in [3.63, 3.8) is 0 Å². The SMILES string of the molecule is CN(CCO)CCn1cc2c(-c3ccc(F)cc3)c(-c3ccncc3)c(-c3ccc(F)cc3)nc2n1. The van der Waals surface area contributed by atoms with E-state index in [1.165, 1.54) is 24.3 Å². The summed E-state index contributed by atoms with van der Waals surface area (Å²) in [6.07, 6.45) is 5.37. The molecule has 8 heteroatoms. The molecule has 0 fully saturated rings. The lowest BCUT2D eigenvalue weighted by atomic mass is 9.90. The summed E-state index contributed by atoms with van der Waals surface area (Å²) in [6.45, 7) is 1.96. The van der Waals surface area contributed by atoms with Gasteiger partial charge in [-0.15, -0.1) is 0 Å². The summed E-state index contributed by atoms with van der Waals surface area (Å²) in [5.74, 6) is -0.656. The second-order valence-electron chi connectivity index (χ2n) is 8.62. The Morgan fingerprint density at radius 1 is 0.806 bits per heavy atom. The number of aliphatic hydroxyl groups excluding tert-OH is 1. The van der Waals surface area contributed by atoms with E-state index in [1.807, 2.05) is 35.0 Å². The van der Waals surface area contributed by atoms with E-state index in [-0.39, 0.29) is 18.2 Å². The van der Waals surface area contributed by atoms with Crippen LogP contribution in [0.15, 0.2) is 79.3 Å². The fourth-order valence-corrected chi connectivity index (χ4v) is 4.29. The molecule has 3 heterocycles. The standard InChI is InChI=1S/C28H25F2N5O/c1-34(16-17-36)14-15-35-18-24-25(19-2-6-22(29)7-3-19)26(20-10-12-31-13-11-20)27(32-28(24)33-35)21-4-8-23(30)9-5-21/h2-13,18,36H,14-17H2,1H3. The van der Waals surface area contributed by atoms with Crippen molar-refractivity contribution in [3.8, 4) is 33.5 Å². The number of fused-ring (bicyclic) bond motifs is 1. The first-order valence-corrected chi connectivity index (χ1v) is 11.7. The lowest BCUT2D eigenvalue weighted by Crippen LogP contribution is -2.26. The van der Waals surface area contributed by atoms with Crippen LogP contribution in [0.1, 0.15) is 0 Å². The minimum Gasteiger partial charge on any atom is -0.395 e. The molecule has 0 aliphatic heterocycles. The van der Waals surface area contributed by atoms with Crippen molar-refractivity contribution in [2.24, 2.45) is 0 Å². The van der Waals surface area contributed by atoms with E-state index in [1.54, 1.807) is 36.7 Å². The van der Waals surface area contributed by atoms with Gasteiger partial charge in [-0.25, -0.2) is 13.8 Å². The molecule has 6 nitrogen and oxygen atoms in total. The predicted octanol–water partition coefficient (Wildman–Crippen LogP) is 5.03. The van der Waals surface area contributed by atoms with E-state index in [0.717, 1.165) is 33.2 Å². The van der Waals surface area contributed by atoms with Crippen LogP contribution >= 0.6 is 0 Å². The molecule has 0 saturated carbocycles. The van der Waals surface area contributed by atoms with Gasteiger partial charge in [0.05, 0.1) is 18.8 Å². The Bertz CT molecular complexity index is 1470. The van der Waals surface area contributed by atoms with Crippen LogP contribution in [0.4, 0.5) is 8.78 Å². The topological polar surface area (TPSA) is 67.1 Å². The maximum Gasteiger partial charge on any atom is 0.182 e. The Balaban J connectivity index is 1.78. The Labute approximate surface area is 207 Å². The van der Waals surface area contributed by atoms with Gasteiger partial charge in [0.15, 0.2) is 5.65 Å². The molecule has 0 saturated heterocycles. The number of aliphatic hydroxyl groups is 1. The van der Waals surface area contributed by atoms with E-state index in [2.05, 4.69) is 4.98 Å². The molecule has 5 aromatic rings. The van der Waals surface area contributed by atoms with Crippen molar-refractivity contribution in [2.45, 2.75) is 6.54 Å². The third-order valence-corrected chi connectivity index (χ3v) is 6.13. The highest BCUT2D eigenvalue weighted by molar-refractivity contribution is 6.05. The van der Waals surface area contributed by atoms with Gasteiger partial charge in [-0.2, -0.15) is 5.10 Å². The number of pyridine rings is 2. The number of halogens is 2. The van der Waals surface area contributed by atoms with Crippen molar-refractivity contribution < 1.29 is 13.9 Å². The predicted molar refractivity (Wildman–Crippen MR) is 136 cm³/mol. The third-order valence-electron chi connectivity index (χ3n) is 6.13. The molecule has 1 N–H and O–H groups in total. The van der Waals surface area contributed by atoms with Gasteiger partial charge in [0.1, 0.15) is 11.6 Å². The average Bonchev–Trinajstić information content (AvgIpc) is 3.31. The Hall–Kier alpha value is -4.01. The molecule has 0 spiro atoms. The van der Waals surface area contributed by atoms with Crippen LogP contribution in [0.25, 0.3) is 44.5 Å². The first-order valence-electron chi connectivity index (χ1n) is 11.7. The molecule has 0 aliphatic rings. The maximum absolute atomic E-state index is 13.9. The average molecular weight is 486 g/mol. The van der Waals surface area contributed by atoms with Crippen molar-refractivity contribution in [1.29, 1.82) is 0 Å². The van der Waals surface area contributed by atoms with Gasteiger partial charge in [0.2, 0.25) is 0 Å². The molecule has 0 unspecified atom stereocenters. The first kappa shape index (κ1) is 23.7. The van der Waals surface area contributed by atoms with E-state index in [9.17, 15) is 13.9 Å². The molecule has 2 aromatic carbocycles. The first-order chi connectivity index (χ1) is 17.5. The lowest BCUT2D eigenvalue weighted by molar-refractivity contribution is 0.216. The molecule has 0 bridgehead atoms. The Morgan fingerprint density at radius 3 is 2.06 bits per heavy atom. The van der Waals surface area contributed by atoms with E-state index in [4.69, 9.17) is 10.1 Å². The minimum atomic E-state index is -0.333. The zero-order chi connectivity index (χ0) is 25.1. The molecule has 0 radical (unpaired) electrons. The highest BCUT2D eigenvalue weighted by Crippen LogP contribution is 2.42. The normalized spacial score (nSPS) is 11.5. The maximum atomic E-state index is 13.9. The second kappa shape index (κ2) is 10.3. The van der Waals surface area contributed by atoms with Crippen LogP contribution in [0.5, 0.6) is 0 Å². The van der Waals surface area contributed by atoms with Crippen LogP contribution in [-0.2, 0) is 6.54 Å². The number of hydrogen-bond acceptors (Lipinski definition) is 5. The molecule has 0 atom stereocenters. The van der Waals surface area contributed by atoms with Crippen LogP contribution in [0.3, 0.4) is 0 Å². The molecule has 0 aliphatic carbocycles. The minimum absolute atomic E-state index is 0.0875. The molecule has 0 amide bonds. The smallest absolute Gasteiger partial charge is 0.182 e. The number of aromatic nitrogens is 4. The zero-order valence-corrected chi connectivity index (χ0v) is 19.8. The van der Waals surface area contributed by atoms with E-state index >= 15 is 0 Å². The highest BCUT2D eigenvalue weighted by Gasteiger charge is 2.22. The van der Waals surface area contributed by atoms with E-state index < -0.39 is 0 Å². The summed E-state index contributed by atoms with van der Waals surface area (Å²) in [6, 6.07) is 16.4. The molecular formula is C28H25F2N5O. The summed E-state index contributed by atoms with van der Waals surface area (Å²) in [7, 11) is 1.94. The molecular weight excluding hydrogens is 460 g/mol. The largest absolute Gasteiger partial charge is 0.395 e. The number of nitrogens with zero attached hydrogens (tertiary/aromatic N) is 5. The fourth-order valence-electron chi connectivity index (χ4n) is 4.29.